The molecular weight excluding hydrogens is 376 g/mol. The highest BCUT2D eigenvalue weighted by molar-refractivity contribution is 6.01. The van der Waals surface area contributed by atoms with Crippen LogP contribution in [-0.2, 0) is 6.54 Å². The Morgan fingerprint density at radius 3 is 2.30 bits per heavy atom. The Kier molecular flexibility index (Phi) is 5.59. The van der Waals surface area contributed by atoms with Crippen LogP contribution in [0.2, 0.25) is 0 Å². The molecule has 30 heavy (non-hydrogen) atoms. The zero-order chi connectivity index (χ0) is 21.3. The van der Waals surface area contributed by atoms with Crippen LogP contribution >= 0.6 is 0 Å². The number of ether oxygens (including phenoxy) is 1. The number of hydrogen-bond donors (Lipinski definition) is 1. The molecule has 0 aliphatic heterocycles. The van der Waals surface area contributed by atoms with E-state index < -0.39 is 0 Å². The lowest BCUT2D eigenvalue weighted by molar-refractivity contribution is -0.897. The van der Waals surface area contributed by atoms with Crippen molar-refractivity contribution in [3.05, 3.63) is 54.2 Å². The first-order valence-corrected chi connectivity index (χ1v) is 10.6. The third-order valence-electron chi connectivity index (χ3n) is 5.90. The summed E-state index contributed by atoms with van der Waals surface area (Å²) in [7, 11) is 1.65. The molecule has 6 nitrogen and oxygen atoms in total. The summed E-state index contributed by atoms with van der Waals surface area (Å²) < 4.78 is 9.55. The van der Waals surface area contributed by atoms with Gasteiger partial charge >= 0.3 is 0 Å². The number of para-hydroxylation sites is 2. The molecule has 0 spiro atoms. The van der Waals surface area contributed by atoms with E-state index in [1.54, 1.807) is 18.9 Å². The van der Waals surface area contributed by atoms with Crippen molar-refractivity contribution in [2.45, 2.75) is 27.3 Å². The highest BCUT2D eigenvalue weighted by Crippen LogP contribution is 2.31. The maximum atomic E-state index is 12.8. The molecule has 0 radical (unpaired) electrons. The summed E-state index contributed by atoms with van der Waals surface area (Å²) in [5.41, 5.74) is 4.37. The van der Waals surface area contributed by atoms with Gasteiger partial charge in [-0.15, -0.1) is 0 Å². The minimum Gasteiger partial charge on any atom is -0.497 e. The predicted octanol–water partition coefficient (Wildman–Crippen LogP) is 3.09. The van der Waals surface area contributed by atoms with Crippen LogP contribution in [0.3, 0.4) is 0 Å². The number of methoxy groups -OCH3 is 1. The van der Waals surface area contributed by atoms with E-state index in [9.17, 15) is 4.79 Å². The first kappa shape index (κ1) is 20.2. The lowest BCUT2D eigenvalue weighted by Gasteiger charge is -2.15. The summed E-state index contributed by atoms with van der Waals surface area (Å²) in [5.74, 6) is 1.61. The average Bonchev–Trinajstić information content (AvgIpc) is 3.30. The van der Waals surface area contributed by atoms with Gasteiger partial charge in [-0.3, -0.25) is 9.20 Å². The molecule has 4 rings (SSSR count). The number of likely N-dealkylation sites (N-methyl/N-ethyl adjacent to an activating group) is 1. The smallest absolute Gasteiger partial charge is 0.216 e. The van der Waals surface area contributed by atoms with Gasteiger partial charge < -0.3 is 14.2 Å². The molecule has 4 aromatic rings. The van der Waals surface area contributed by atoms with Crippen LogP contribution < -0.4 is 9.64 Å². The number of imidazole rings is 2. The van der Waals surface area contributed by atoms with Crippen LogP contribution in [0.15, 0.2) is 48.5 Å². The standard InChI is InChI=1S/C24H28N4O2/c1-5-26(6-2)15-16-27-20-9-7-8-10-21(20)28-23(17(3)29)22(25-24(27)28)18-11-13-19(30-4)14-12-18/h7-14H,5-6,15-16H2,1-4H3/p+1. The van der Waals surface area contributed by atoms with E-state index in [2.05, 4.69) is 30.5 Å². The molecule has 0 fully saturated rings. The van der Waals surface area contributed by atoms with E-state index in [1.807, 2.05) is 40.8 Å². The molecule has 0 saturated heterocycles. The zero-order valence-corrected chi connectivity index (χ0v) is 18.1. The van der Waals surface area contributed by atoms with E-state index in [1.165, 1.54) is 0 Å². The number of ketones is 1. The highest BCUT2D eigenvalue weighted by atomic mass is 16.5. The molecule has 0 amide bonds. The molecule has 2 aromatic heterocycles. The molecule has 0 atom stereocenters. The summed E-state index contributed by atoms with van der Waals surface area (Å²) in [6.07, 6.45) is 0. The van der Waals surface area contributed by atoms with Crippen molar-refractivity contribution in [3.8, 4) is 17.0 Å². The summed E-state index contributed by atoms with van der Waals surface area (Å²) in [5, 5.41) is 0. The fraction of sp³-hybridized carbons (Fsp3) is 0.333. The first-order chi connectivity index (χ1) is 14.6. The van der Waals surface area contributed by atoms with Crippen molar-refractivity contribution in [3.63, 3.8) is 0 Å². The fourth-order valence-corrected chi connectivity index (χ4v) is 4.18. The Morgan fingerprint density at radius 1 is 1.03 bits per heavy atom. The largest absolute Gasteiger partial charge is 0.497 e. The van der Waals surface area contributed by atoms with E-state index in [4.69, 9.17) is 9.72 Å². The molecule has 6 heteroatoms. The molecular formula is C24H29N4O2+. The lowest BCUT2D eigenvalue weighted by atomic mass is 10.1. The Bertz CT molecular complexity index is 1180. The molecule has 2 heterocycles. The number of fused-ring (bicyclic) bond motifs is 3. The molecule has 0 saturated carbocycles. The normalized spacial score (nSPS) is 11.6. The first-order valence-electron chi connectivity index (χ1n) is 10.6. The number of nitrogens with zero attached hydrogens (tertiary/aromatic N) is 3. The van der Waals surface area contributed by atoms with Gasteiger partial charge in [0.2, 0.25) is 5.78 Å². The maximum Gasteiger partial charge on any atom is 0.216 e. The second-order valence-corrected chi connectivity index (χ2v) is 7.58. The lowest BCUT2D eigenvalue weighted by Crippen LogP contribution is -3.11. The molecule has 0 aliphatic rings. The van der Waals surface area contributed by atoms with Gasteiger partial charge in [-0.2, -0.15) is 0 Å². The molecule has 2 aromatic carbocycles. The quantitative estimate of drug-likeness (QED) is 0.459. The minimum atomic E-state index is 0.00518. The third-order valence-corrected chi connectivity index (χ3v) is 5.90. The number of hydrogen-bond acceptors (Lipinski definition) is 3. The van der Waals surface area contributed by atoms with E-state index in [-0.39, 0.29) is 5.78 Å². The third kappa shape index (κ3) is 3.37. The number of quaternary nitrogens is 1. The van der Waals surface area contributed by atoms with Gasteiger partial charge in [-0.1, -0.05) is 12.1 Å². The second kappa shape index (κ2) is 8.32. The van der Waals surface area contributed by atoms with Crippen molar-refractivity contribution >= 4 is 22.6 Å². The minimum absolute atomic E-state index is 0.00518. The highest BCUT2D eigenvalue weighted by Gasteiger charge is 2.24. The number of carbonyl (C=O) groups excluding carboxylic acids is 1. The molecule has 0 bridgehead atoms. The molecule has 156 valence electrons. The zero-order valence-electron chi connectivity index (χ0n) is 18.1. The van der Waals surface area contributed by atoms with Crippen LogP contribution in [0.1, 0.15) is 31.3 Å². The van der Waals surface area contributed by atoms with Gasteiger partial charge in [0.15, 0.2) is 5.78 Å². The van der Waals surface area contributed by atoms with Crippen molar-refractivity contribution in [2.75, 3.05) is 26.7 Å². The van der Waals surface area contributed by atoms with Crippen LogP contribution in [-0.4, -0.2) is 46.5 Å². The van der Waals surface area contributed by atoms with Gasteiger partial charge in [-0.25, -0.2) is 4.98 Å². The number of carbonyl (C=O) groups is 1. The van der Waals surface area contributed by atoms with Crippen LogP contribution in [0.25, 0.3) is 28.1 Å². The van der Waals surface area contributed by atoms with Gasteiger partial charge in [-0.05, 0) is 50.2 Å². The number of benzene rings is 2. The summed E-state index contributed by atoms with van der Waals surface area (Å²) in [4.78, 5) is 19.3. The SMILES string of the molecule is CC[NH+](CC)CCn1c2ccccc2n2c(C(C)=O)c(-c3ccc(OC)cc3)nc12. The van der Waals surface area contributed by atoms with Crippen LogP contribution in [0.5, 0.6) is 5.75 Å². The fourth-order valence-electron chi connectivity index (χ4n) is 4.18. The number of rotatable bonds is 8. The van der Waals surface area contributed by atoms with E-state index >= 15 is 0 Å². The van der Waals surface area contributed by atoms with Crippen molar-refractivity contribution < 1.29 is 14.4 Å². The number of aromatic nitrogens is 3. The Morgan fingerprint density at radius 2 is 1.70 bits per heavy atom. The summed E-state index contributed by atoms with van der Waals surface area (Å²) in [6.45, 7) is 10.1. The number of nitrogens with one attached hydrogen (secondary N) is 1. The Hall–Kier alpha value is -3.12. The second-order valence-electron chi connectivity index (χ2n) is 7.58. The van der Waals surface area contributed by atoms with Crippen LogP contribution in [0, 0.1) is 0 Å². The Balaban J connectivity index is 1.93. The molecule has 0 unspecified atom stereocenters. The summed E-state index contributed by atoms with van der Waals surface area (Å²) in [6, 6.07) is 15.9. The van der Waals surface area contributed by atoms with Gasteiger partial charge in [0, 0.05) is 12.5 Å². The van der Waals surface area contributed by atoms with Crippen molar-refractivity contribution in [1.29, 1.82) is 0 Å². The van der Waals surface area contributed by atoms with Crippen molar-refractivity contribution in [1.82, 2.24) is 14.0 Å². The van der Waals surface area contributed by atoms with E-state index in [0.717, 1.165) is 60.0 Å². The van der Waals surface area contributed by atoms with Gasteiger partial charge in [0.1, 0.15) is 17.1 Å². The van der Waals surface area contributed by atoms with E-state index in [0.29, 0.717) is 5.69 Å². The average molecular weight is 406 g/mol. The Labute approximate surface area is 176 Å². The number of Topliss-reactive ketones (excluding diaryl/α,β-unsaturated/α-hetero) is 1. The molecule has 0 aliphatic carbocycles. The van der Waals surface area contributed by atoms with Gasteiger partial charge in [0.05, 0.1) is 44.3 Å². The monoisotopic (exact) mass is 405 g/mol. The predicted molar refractivity (Wildman–Crippen MR) is 120 cm³/mol. The van der Waals surface area contributed by atoms with Crippen molar-refractivity contribution in [2.24, 2.45) is 0 Å². The summed E-state index contributed by atoms with van der Waals surface area (Å²) >= 11 is 0. The topological polar surface area (TPSA) is 53.0 Å². The van der Waals surface area contributed by atoms with Gasteiger partial charge in [0.25, 0.3) is 0 Å². The van der Waals surface area contributed by atoms with Crippen LogP contribution in [0.4, 0.5) is 0 Å². The maximum absolute atomic E-state index is 12.8. The molecule has 1 N–H and O–H groups in total.